The van der Waals surface area contributed by atoms with Gasteiger partial charge in [-0.15, -0.1) is 0 Å². The maximum atomic E-state index is 12.3. The van der Waals surface area contributed by atoms with Crippen molar-refractivity contribution in [1.29, 1.82) is 0 Å². The third-order valence-corrected chi connectivity index (χ3v) is 4.42. The molecule has 2 aromatic rings. The molecule has 2 heterocycles. The number of carbonyl (C=O) groups excluding carboxylic acids is 1. The van der Waals surface area contributed by atoms with Gasteiger partial charge in [0.2, 0.25) is 0 Å². The van der Waals surface area contributed by atoms with E-state index < -0.39 is 5.60 Å². The summed E-state index contributed by atoms with van der Waals surface area (Å²) < 4.78 is 10.8. The summed E-state index contributed by atoms with van der Waals surface area (Å²) >= 11 is 6.09. The number of furan rings is 1. The second-order valence-electron chi connectivity index (χ2n) is 5.69. The van der Waals surface area contributed by atoms with E-state index in [0.29, 0.717) is 36.7 Å². The minimum atomic E-state index is -0.911. The Bertz CT molecular complexity index is 703. The highest BCUT2D eigenvalue weighted by Gasteiger charge is 2.31. The largest absolute Gasteiger partial charge is 0.449 e. The van der Waals surface area contributed by atoms with E-state index in [9.17, 15) is 9.90 Å². The van der Waals surface area contributed by atoms with E-state index in [-0.39, 0.29) is 18.2 Å². The third-order valence-electron chi connectivity index (χ3n) is 4.12. The van der Waals surface area contributed by atoms with Gasteiger partial charge in [0.05, 0.1) is 10.6 Å². The van der Waals surface area contributed by atoms with Gasteiger partial charge in [0.25, 0.3) is 5.91 Å². The number of aryl methyl sites for hydroxylation is 1. The van der Waals surface area contributed by atoms with Crippen LogP contribution in [0.3, 0.4) is 0 Å². The quantitative estimate of drug-likeness (QED) is 0.911. The van der Waals surface area contributed by atoms with E-state index >= 15 is 0 Å². The molecule has 22 heavy (non-hydrogen) atoms. The van der Waals surface area contributed by atoms with Crippen molar-refractivity contribution >= 4 is 28.5 Å². The molecule has 1 saturated heterocycles. The highest BCUT2D eigenvalue weighted by Crippen LogP contribution is 2.30. The smallest absolute Gasteiger partial charge is 0.287 e. The van der Waals surface area contributed by atoms with Crippen molar-refractivity contribution in [3.8, 4) is 0 Å². The highest BCUT2D eigenvalue weighted by atomic mass is 35.5. The summed E-state index contributed by atoms with van der Waals surface area (Å²) in [4.78, 5) is 12.3. The molecule has 6 heteroatoms. The van der Waals surface area contributed by atoms with Gasteiger partial charge in [-0.2, -0.15) is 0 Å². The second kappa shape index (κ2) is 5.91. The number of aliphatic hydroxyl groups is 1. The average Bonchev–Trinajstić information content (AvgIpc) is 2.85. The van der Waals surface area contributed by atoms with Crippen molar-refractivity contribution < 1.29 is 19.1 Å². The molecule has 2 N–H and O–H groups in total. The van der Waals surface area contributed by atoms with Crippen LogP contribution in [0.15, 0.2) is 22.6 Å². The maximum Gasteiger partial charge on any atom is 0.287 e. The predicted molar refractivity (Wildman–Crippen MR) is 83.3 cm³/mol. The Morgan fingerprint density at radius 2 is 2.14 bits per heavy atom. The monoisotopic (exact) mass is 323 g/mol. The van der Waals surface area contributed by atoms with Crippen LogP contribution >= 0.6 is 11.6 Å². The number of para-hydroxylation sites is 1. The fourth-order valence-electron chi connectivity index (χ4n) is 2.68. The minimum absolute atomic E-state index is 0.180. The lowest BCUT2D eigenvalue weighted by Crippen LogP contribution is -2.46. The molecule has 0 aliphatic carbocycles. The zero-order chi connectivity index (χ0) is 15.7. The van der Waals surface area contributed by atoms with Gasteiger partial charge in [-0.05, 0) is 13.0 Å². The first-order valence-electron chi connectivity index (χ1n) is 7.26. The molecule has 1 aliphatic rings. The van der Waals surface area contributed by atoms with Crippen molar-refractivity contribution in [3.63, 3.8) is 0 Å². The van der Waals surface area contributed by atoms with Gasteiger partial charge in [0.15, 0.2) is 11.3 Å². The fourth-order valence-corrected chi connectivity index (χ4v) is 2.89. The maximum absolute atomic E-state index is 12.3. The van der Waals surface area contributed by atoms with Gasteiger partial charge >= 0.3 is 0 Å². The molecule has 0 saturated carbocycles. The van der Waals surface area contributed by atoms with Crippen LogP contribution < -0.4 is 5.32 Å². The summed E-state index contributed by atoms with van der Waals surface area (Å²) in [7, 11) is 0. The van der Waals surface area contributed by atoms with Gasteiger partial charge in [-0.1, -0.05) is 23.7 Å². The first-order chi connectivity index (χ1) is 10.5. The number of amides is 1. The van der Waals surface area contributed by atoms with E-state index in [4.69, 9.17) is 20.8 Å². The standard InChI is InChI=1S/C16H18ClNO4/c1-10-11-3-2-4-12(17)14(11)22-13(10)15(19)18-9-16(20)5-7-21-8-6-16/h2-4,20H,5-9H2,1H3,(H,18,19). The minimum Gasteiger partial charge on any atom is -0.449 e. The van der Waals surface area contributed by atoms with Crippen LogP contribution in [0, 0.1) is 6.92 Å². The molecule has 1 aromatic heterocycles. The Balaban J connectivity index is 1.78. The van der Waals surface area contributed by atoms with E-state index in [0.717, 1.165) is 10.9 Å². The Kier molecular flexibility index (Phi) is 4.12. The van der Waals surface area contributed by atoms with Crippen molar-refractivity contribution in [2.45, 2.75) is 25.4 Å². The molecule has 1 aliphatic heterocycles. The third kappa shape index (κ3) is 2.84. The lowest BCUT2D eigenvalue weighted by molar-refractivity contribution is -0.0605. The summed E-state index contributed by atoms with van der Waals surface area (Å²) in [6, 6.07) is 5.40. The van der Waals surface area contributed by atoms with Gasteiger partial charge in [-0.25, -0.2) is 0 Å². The number of hydrogen-bond acceptors (Lipinski definition) is 4. The first kappa shape index (κ1) is 15.3. The van der Waals surface area contributed by atoms with E-state index in [1.54, 1.807) is 6.07 Å². The molecule has 0 atom stereocenters. The second-order valence-corrected chi connectivity index (χ2v) is 6.10. The molecule has 118 valence electrons. The van der Waals surface area contributed by atoms with E-state index in [1.807, 2.05) is 19.1 Å². The Morgan fingerprint density at radius 1 is 1.41 bits per heavy atom. The number of nitrogens with one attached hydrogen (secondary N) is 1. The van der Waals surface area contributed by atoms with Crippen molar-refractivity contribution in [1.82, 2.24) is 5.32 Å². The van der Waals surface area contributed by atoms with Gasteiger partial charge in [-0.3, -0.25) is 4.79 Å². The topological polar surface area (TPSA) is 71.7 Å². The predicted octanol–water partition coefficient (Wildman–Crippen LogP) is 2.67. The molecule has 0 bridgehead atoms. The normalized spacial score (nSPS) is 17.6. The molecule has 0 spiro atoms. The zero-order valence-electron chi connectivity index (χ0n) is 12.3. The van der Waals surface area contributed by atoms with Crippen LogP contribution in [0.5, 0.6) is 0 Å². The number of ether oxygens (including phenoxy) is 1. The zero-order valence-corrected chi connectivity index (χ0v) is 13.1. The molecule has 0 unspecified atom stereocenters. The Morgan fingerprint density at radius 3 is 2.82 bits per heavy atom. The van der Waals surface area contributed by atoms with Crippen LogP contribution in [0.4, 0.5) is 0 Å². The number of halogens is 1. The molecule has 5 nitrogen and oxygen atoms in total. The van der Waals surface area contributed by atoms with Crippen LogP contribution in [0.2, 0.25) is 5.02 Å². The molecular weight excluding hydrogens is 306 g/mol. The van der Waals surface area contributed by atoms with Crippen molar-refractivity contribution in [2.24, 2.45) is 0 Å². The van der Waals surface area contributed by atoms with Crippen LogP contribution in [0.25, 0.3) is 11.0 Å². The van der Waals surface area contributed by atoms with E-state index in [1.165, 1.54) is 0 Å². The lowest BCUT2D eigenvalue weighted by Gasteiger charge is -2.31. The van der Waals surface area contributed by atoms with Crippen LogP contribution in [-0.2, 0) is 4.74 Å². The van der Waals surface area contributed by atoms with E-state index in [2.05, 4.69) is 5.32 Å². The first-order valence-corrected chi connectivity index (χ1v) is 7.64. The summed E-state index contributed by atoms with van der Waals surface area (Å²) in [5.74, 6) is -0.108. The summed E-state index contributed by atoms with van der Waals surface area (Å²) in [5, 5.41) is 14.4. The molecule has 0 radical (unpaired) electrons. The Labute approximate surface area is 133 Å². The van der Waals surface area contributed by atoms with Crippen molar-refractivity contribution in [2.75, 3.05) is 19.8 Å². The SMILES string of the molecule is Cc1c(C(=O)NCC2(O)CCOCC2)oc2c(Cl)cccc12. The summed E-state index contributed by atoms with van der Waals surface area (Å²) in [5.41, 5.74) is 0.344. The molecule has 1 amide bonds. The van der Waals surface area contributed by atoms with Crippen molar-refractivity contribution in [3.05, 3.63) is 34.5 Å². The highest BCUT2D eigenvalue weighted by molar-refractivity contribution is 6.35. The number of carbonyl (C=O) groups is 1. The van der Waals surface area contributed by atoms with Crippen LogP contribution in [0.1, 0.15) is 29.0 Å². The summed E-state index contributed by atoms with van der Waals surface area (Å²) in [6.45, 7) is 3.01. The summed E-state index contributed by atoms with van der Waals surface area (Å²) in [6.07, 6.45) is 1.02. The van der Waals surface area contributed by atoms with Crippen LogP contribution in [-0.4, -0.2) is 36.4 Å². The Hall–Kier alpha value is -1.56. The average molecular weight is 324 g/mol. The number of benzene rings is 1. The molecule has 3 rings (SSSR count). The number of fused-ring (bicyclic) bond motifs is 1. The molecular formula is C16H18ClNO4. The van der Waals surface area contributed by atoms with Gasteiger partial charge < -0.3 is 19.6 Å². The lowest BCUT2D eigenvalue weighted by atomic mass is 9.94. The molecule has 1 fully saturated rings. The van der Waals surface area contributed by atoms with Gasteiger partial charge in [0, 0.05) is 43.5 Å². The number of rotatable bonds is 3. The fraction of sp³-hybridized carbons (Fsp3) is 0.438. The van der Waals surface area contributed by atoms with Gasteiger partial charge in [0.1, 0.15) is 0 Å². The number of hydrogen-bond donors (Lipinski definition) is 2. The molecule has 1 aromatic carbocycles.